The molecule has 0 spiro atoms. The zero-order chi connectivity index (χ0) is 9.14. The van der Waals surface area contributed by atoms with E-state index in [9.17, 15) is 5.11 Å². The molecule has 0 amide bonds. The van der Waals surface area contributed by atoms with Gasteiger partial charge in [-0.1, -0.05) is 20.8 Å². The van der Waals surface area contributed by atoms with E-state index < -0.39 is 0 Å². The van der Waals surface area contributed by atoms with Crippen molar-refractivity contribution >= 4 is 0 Å². The van der Waals surface area contributed by atoms with Crippen LogP contribution in [0.3, 0.4) is 0 Å². The van der Waals surface area contributed by atoms with Gasteiger partial charge in [-0.05, 0) is 12.3 Å². The Hall–Kier alpha value is -0.990. The second kappa shape index (κ2) is 3.61. The maximum absolute atomic E-state index is 9.40. The first-order chi connectivity index (χ1) is 5.65. The molecule has 3 heteroatoms. The topological polar surface area (TPSA) is 38.0 Å². The highest BCUT2D eigenvalue weighted by molar-refractivity contribution is 5.24. The monoisotopic (exact) mass is 168 g/mol. The average molecular weight is 168 g/mol. The van der Waals surface area contributed by atoms with E-state index in [1.807, 2.05) is 20.0 Å². The van der Waals surface area contributed by atoms with Crippen LogP contribution in [0.25, 0.3) is 0 Å². The van der Waals surface area contributed by atoms with Gasteiger partial charge in [0.15, 0.2) is 0 Å². The van der Waals surface area contributed by atoms with Crippen LogP contribution >= 0.6 is 0 Å². The molecule has 0 atom stereocenters. The molecule has 1 rings (SSSR count). The molecule has 0 saturated heterocycles. The Morgan fingerprint density at radius 3 is 2.67 bits per heavy atom. The summed E-state index contributed by atoms with van der Waals surface area (Å²) in [4.78, 5) is 0. The number of hydrogen-bond donors (Lipinski definition) is 1. The summed E-state index contributed by atoms with van der Waals surface area (Å²) < 4.78 is 1.80. The van der Waals surface area contributed by atoms with Gasteiger partial charge >= 0.3 is 0 Å². The molecule has 1 N–H and O–H groups in total. The van der Waals surface area contributed by atoms with Crippen LogP contribution in [-0.4, -0.2) is 14.9 Å². The number of aromatic hydroxyl groups is 1. The quantitative estimate of drug-likeness (QED) is 0.750. The normalized spacial score (nSPS) is 11.0. The molecule has 0 aliphatic carbocycles. The van der Waals surface area contributed by atoms with Crippen molar-refractivity contribution in [2.45, 2.75) is 39.7 Å². The van der Waals surface area contributed by atoms with Gasteiger partial charge in [0.2, 0.25) is 5.88 Å². The van der Waals surface area contributed by atoms with Crippen LogP contribution in [0.15, 0.2) is 6.20 Å². The van der Waals surface area contributed by atoms with Crippen LogP contribution in [0.4, 0.5) is 0 Å². The molecule has 0 saturated carbocycles. The summed E-state index contributed by atoms with van der Waals surface area (Å²) in [5, 5.41) is 13.4. The van der Waals surface area contributed by atoms with Crippen LogP contribution < -0.4 is 0 Å². The van der Waals surface area contributed by atoms with E-state index in [4.69, 9.17) is 0 Å². The number of rotatable bonds is 3. The maximum atomic E-state index is 9.40. The smallest absolute Gasteiger partial charge is 0.233 e. The van der Waals surface area contributed by atoms with E-state index in [0.29, 0.717) is 5.92 Å². The Morgan fingerprint density at radius 2 is 2.25 bits per heavy atom. The summed E-state index contributed by atoms with van der Waals surface area (Å²) in [5.41, 5.74) is 0.934. The van der Waals surface area contributed by atoms with Crippen molar-refractivity contribution in [1.29, 1.82) is 0 Å². The minimum Gasteiger partial charge on any atom is -0.492 e. The predicted octanol–water partition coefficient (Wildman–Crippen LogP) is 2.12. The van der Waals surface area contributed by atoms with Gasteiger partial charge in [0.05, 0.1) is 0 Å². The molecule has 0 radical (unpaired) electrons. The first-order valence-corrected chi connectivity index (χ1v) is 4.41. The van der Waals surface area contributed by atoms with Crippen LogP contribution in [0.1, 0.15) is 38.7 Å². The second-order valence-electron chi connectivity index (χ2n) is 3.33. The number of nitrogens with zero attached hydrogens (tertiary/aromatic N) is 2. The minimum absolute atomic E-state index is 0.179. The summed E-state index contributed by atoms with van der Waals surface area (Å²) >= 11 is 0. The first-order valence-electron chi connectivity index (χ1n) is 4.41. The van der Waals surface area contributed by atoms with Gasteiger partial charge < -0.3 is 5.11 Å². The van der Waals surface area contributed by atoms with Crippen LogP contribution in [0.2, 0.25) is 0 Å². The van der Waals surface area contributed by atoms with Crippen molar-refractivity contribution in [2.75, 3.05) is 0 Å². The molecular formula is C9H16N2O. The number of aromatic nitrogens is 2. The Balaban J connectivity index is 2.85. The molecule has 0 aliphatic rings. The largest absolute Gasteiger partial charge is 0.492 e. The number of aryl methyl sites for hydroxylation is 1. The van der Waals surface area contributed by atoms with Gasteiger partial charge in [-0.15, -0.1) is 5.10 Å². The van der Waals surface area contributed by atoms with Gasteiger partial charge in [0, 0.05) is 18.3 Å². The van der Waals surface area contributed by atoms with Crippen LogP contribution in [-0.2, 0) is 6.54 Å². The fraction of sp³-hybridized carbons (Fsp3) is 0.667. The highest BCUT2D eigenvalue weighted by atomic mass is 16.3. The van der Waals surface area contributed by atoms with Gasteiger partial charge in [0.25, 0.3) is 0 Å². The Morgan fingerprint density at radius 1 is 1.58 bits per heavy atom. The molecule has 0 fully saturated rings. The van der Waals surface area contributed by atoms with Crippen LogP contribution in [0, 0.1) is 0 Å². The fourth-order valence-corrected chi connectivity index (χ4v) is 1.18. The molecule has 0 bridgehead atoms. The van der Waals surface area contributed by atoms with E-state index in [1.165, 1.54) is 0 Å². The summed E-state index contributed by atoms with van der Waals surface area (Å²) in [7, 11) is 0. The predicted molar refractivity (Wildman–Crippen MR) is 48.3 cm³/mol. The average Bonchev–Trinajstić information content (AvgIpc) is 2.32. The SMILES string of the molecule is CCCn1cc(C(C)C)c(O)n1. The standard InChI is InChI=1S/C9H16N2O/c1-4-5-11-6-8(7(2)3)9(12)10-11/h6-7H,4-5H2,1-3H3,(H,10,12). The Labute approximate surface area is 73.0 Å². The minimum atomic E-state index is 0.179. The van der Waals surface area contributed by atoms with Crippen molar-refractivity contribution in [3.8, 4) is 5.88 Å². The lowest BCUT2D eigenvalue weighted by Gasteiger charge is -1.98. The van der Waals surface area contributed by atoms with Crippen molar-refractivity contribution in [3.05, 3.63) is 11.8 Å². The van der Waals surface area contributed by atoms with E-state index >= 15 is 0 Å². The second-order valence-corrected chi connectivity index (χ2v) is 3.33. The molecule has 1 aromatic rings. The Bertz CT molecular complexity index is 253. The zero-order valence-electron chi connectivity index (χ0n) is 7.91. The lowest BCUT2D eigenvalue weighted by molar-refractivity contribution is 0.430. The van der Waals surface area contributed by atoms with Gasteiger partial charge in [-0.3, -0.25) is 4.68 Å². The first kappa shape index (κ1) is 9.10. The highest BCUT2D eigenvalue weighted by Gasteiger charge is 2.09. The van der Waals surface area contributed by atoms with Gasteiger partial charge in [0.1, 0.15) is 0 Å². The van der Waals surface area contributed by atoms with E-state index in [1.54, 1.807) is 4.68 Å². The third-order valence-electron chi connectivity index (χ3n) is 1.84. The zero-order valence-corrected chi connectivity index (χ0v) is 7.91. The molecule has 0 unspecified atom stereocenters. The highest BCUT2D eigenvalue weighted by Crippen LogP contribution is 2.23. The lowest BCUT2D eigenvalue weighted by atomic mass is 10.1. The molecule has 0 aromatic carbocycles. The van der Waals surface area contributed by atoms with Gasteiger partial charge in [-0.2, -0.15) is 0 Å². The molecule has 1 heterocycles. The van der Waals surface area contributed by atoms with Crippen LogP contribution in [0.5, 0.6) is 5.88 Å². The molecule has 1 aromatic heterocycles. The van der Waals surface area contributed by atoms with Crippen molar-refractivity contribution < 1.29 is 5.11 Å². The van der Waals surface area contributed by atoms with E-state index in [0.717, 1.165) is 18.5 Å². The van der Waals surface area contributed by atoms with E-state index in [-0.39, 0.29) is 5.88 Å². The molecule has 0 aliphatic heterocycles. The summed E-state index contributed by atoms with van der Waals surface area (Å²) in [6.07, 6.45) is 2.96. The third-order valence-corrected chi connectivity index (χ3v) is 1.84. The molecule has 12 heavy (non-hydrogen) atoms. The van der Waals surface area contributed by atoms with Crippen molar-refractivity contribution in [3.63, 3.8) is 0 Å². The van der Waals surface area contributed by atoms with Gasteiger partial charge in [-0.25, -0.2) is 0 Å². The maximum Gasteiger partial charge on any atom is 0.233 e. The summed E-state index contributed by atoms with van der Waals surface area (Å²) in [5.74, 6) is 0.522. The molecule has 68 valence electrons. The van der Waals surface area contributed by atoms with Crippen molar-refractivity contribution in [2.24, 2.45) is 0 Å². The third kappa shape index (κ3) is 1.78. The lowest BCUT2D eigenvalue weighted by Crippen LogP contribution is -1.95. The summed E-state index contributed by atoms with van der Waals surface area (Å²) in [6.45, 7) is 7.06. The van der Waals surface area contributed by atoms with E-state index in [2.05, 4.69) is 12.0 Å². The summed E-state index contributed by atoms with van der Waals surface area (Å²) in [6, 6.07) is 0. The Kier molecular flexibility index (Phi) is 2.74. The fourth-order valence-electron chi connectivity index (χ4n) is 1.18. The molecule has 3 nitrogen and oxygen atoms in total. The molecular weight excluding hydrogens is 152 g/mol. The number of hydrogen-bond acceptors (Lipinski definition) is 2. The van der Waals surface area contributed by atoms with Crippen molar-refractivity contribution in [1.82, 2.24) is 9.78 Å².